The third-order valence-electron chi connectivity index (χ3n) is 1.83. The molecule has 0 bridgehead atoms. The summed E-state index contributed by atoms with van der Waals surface area (Å²) < 4.78 is 24.0. The lowest BCUT2D eigenvalue weighted by Crippen LogP contribution is -2.28. The minimum Gasteiger partial charge on any atom is -0.227 e. The van der Waals surface area contributed by atoms with E-state index in [2.05, 4.69) is 15.5 Å². The Morgan fingerprint density at radius 2 is 2.20 bits per heavy atom. The van der Waals surface area contributed by atoms with Gasteiger partial charge in [-0.15, -0.1) is 0 Å². The summed E-state index contributed by atoms with van der Waals surface area (Å²) in [7, 11) is -3.72. The number of primary sulfonamides is 1. The molecular formula is C6H13N5O2S2. The van der Waals surface area contributed by atoms with Crippen molar-refractivity contribution in [2.45, 2.75) is 25.6 Å². The maximum Gasteiger partial charge on any atom is 0.239 e. The van der Waals surface area contributed by atoms with E-state index < -0.39 is 15.4 Å². The highest BCUT2D eigenvalue weighted by molar-refractivity contribution is 7.89. The number of rotatable bonds is 4. The molecular weight excluding hydrogens is 238 g/mol. The molecule has 1 unspecified atom stereocenters. The van der Waals surface area contributed by atoms with Gasteiger partial charge in [0, 0.05) is 0 Å². The van der Waals surface area contributed by atoms with Gasteiger partial charge in [0.25, 0.3) is 0 Å². The minimum absolute atomic E-state index is 0.0784. The molecule has 1 aromatic heterocycles. The van der Waals surface area contributed by atoms with Crippen LogP contribution in [0, 0.1) is 10.7 Å². The lowest BCUT2D eigenvalue weighted by Gasteiger charge is -2.16. The SMILES string of the molecule is CC(C)CC(n1[nH]nnc1=S)S(N)(=O)=O. The molecule has 0 aliphatic carbocycles. The van der Waals surface area contributed by atoms with Crippen molar-refractivity contribution in [1.82, 2.24) is 20.2 Å². The Hall–Kier alpha value is -0.800. The van der Waals surface area contributed by atoms with Crippen LogP contribution in [0.5, 0.6) is 0 Å². The smallest absolute Gasteiger partial charge is 0.227 e. The third kappa shape index (κ3) is 3.08. The lowest BCUT2D eigenvalue weighted by atomic mass is 10.1. The summed E-state index contributed by atoms with van der Waals surface area (Å²) in [6, 6.07) is 0. The van der Waals surface area contributed by atoms with E-state index in [9.17, 15) is 8.42 Å². The molecule has 0 fully saturated rings. The molecule has 0 aliphatic rings. The van der Waals surface area contributed by atoms with Gasteiger partial charge in [0.1, 0.15) is 0 Å². The molecule has 86 valence electrons. The molecule has 3 N–H and O–H groups in total. The lowest BCUT2D eigenvalue weighted by molar-refractivity contribution is 0.434. The van der Waals surface area contributed by atoms with Gasteiger partial charge in [-0.1, -0.05) is 24.2 Å². The fourth-order valence-corrected chi connectivity index (χ4v) is 2.55. The number of H-pyrrole nitrogens is 1. The number of aromatic amines is 1. The molecule has 1 heterocycles. The Morgan fingerprint density at radius 1 is 1.60 bits per heavy atom. The van der Waals surface area contributed by atoms with Crippen molar-refractivity contribution < 1.29 is 8.42 Å². The van der Waals surface area contributed by atoms with Gasteiger partial charge in [0.05, 0.1) is 0 Å². The van der Waals surface area contributed by atoms with Crippen LogP contribution in [0.4, 0.5) is 0 Å². The van der Waals surface area contributed by atoms with Crippen LogP contribution < -0.4 is 5.14 Å². The second kappa shape index (κ2) is 4.37. The fourth-order valence-electron chi connectivity index (χ4n) is 1.18. The van der Waals surface area contributed by atoms with Crippen LogP contribution in [-0.2, 0) is 10.0 Å². The van der Waals surface area contributed by atoms with E-state index in [-0.39, 0.29) is 10.7 Å². The van der Waals surface area contributed by atoms with Gasteiger partial charge in [-0.3, -0.25) is 0 Å². The predicted octanol–water partition coefficient (Wildman–Crippen LogP) is 0.169. The molecule has 7 nitrogen and oxygen atoms in total. The van der Waals surface area contributed by atoms with E-state index in [0.717, 1.165) is 0 Å². The van der Waals surface area contributed by atoms with E-state index in [1.165, 1.54) is 4.68 Å². The highest BCUT2D eigenvalue weighted by Gasteiger charge is 2.25. The Labute approximate surface area is 92.7 Å². The summed E-state index contributed by atoms with van der Waals surface area (Å²) in [6.07, 6.45) is 0.358. The summed E-state index contributed by atoms with van der Waals surface area (Å²) >= 11 is 4.82. The zero-order valence-corrected chi connectivity index (χ0v) is 10.0. The second-order valence-corrected chi connectivity index (χ2v) is 5.71. The zero-order valence-electron chi connectivity index (χ0n) is 8.41. The first-order valence-electron chi connectivity index (χ1n) is 4.33. The van der Waals surface area contributed by atoms with Crippen LogP contribution in [0.15, 0.2) is 0 Å². The molecule has 0 aromatic carbocycles. The van der Waals surface area contributed by atoms with E-state index in [1.807, 2.05) is 13.8 Å². The van der Waals surface area contributed by atoms with Crippen LogP contribution in [0.1, 0.15) is 25.6 Å². The number of nitrogens with zero attached hydrogens (tertiary/aromatic N) is 3. The van der Waals surface area contributed by atoms with Gasteiger partial charge in [-0.25, -0.2) is 18.2 Å². The van der Waals surface area contributed by atoms with Crippen molar-refractivity contribution in [3.63, 3.8) is 0 Å². The molecule has 0 radical (unpaired) electrons. The number of aromatic nitrogens is 4. The predicted molar refractivity (Wildman–Crippen MR) is 56.8 cm³/mol. The Balaban J connectivity index is 3.14. The van der Waals surface area contributed by atoms with Crippen molar-refractivity contribution in [2.75, 3.05) is 0 Å². The Bertz CT molecular complexity index is 474. The van der Waals surface area contributed by atoms with Crippen LogP contribution >= 0.6 is 12.2 Å². The average molecular weight is 251 g/mol. The number of sulfonamides is 1. The first-order valence-corrected chi connectivity index (χ1v) is 6.35. The maximum absolute atomic E-state index is 11.4. The topological polar surface area (TPSA) is 107 Å². The maximum atomic E-state index is 11.4. The van der Waals surface area contributed by atoms with Crippen molar-refractivity contribution in [2.24, 2.45) is 11.1 Å². The van der Waals surface area contributed by atoms with Gasteiger partial charge < -0.3 is 0 Å². The number of hydrogen-bond acceptors (Lipinski definition) is 5. The first-order chi connectivity index (χ1) is 6.82. The van der Waals surface area contributed by atoms with E-state index in [1.54, 1.807) is 0 Å². The molecule has 0 saturated heterocycles. The Kier molecular flexibility index (Phi) is 3.58. The normalized spacial score (nSPS) is 14.4. The monoisotopic (exact) mass is 251 g/mol. The minimum atomic E-state index is -3.72. The number of tetrazole rings is 1. The van der Waals surface area contributed by atoms with Crippen molar-refractivity contribution >= 4 is 22.2 Å². The fraction of sp³-hybridized carbons (Fsp3) is 0.833. The standard InChI is InChI=1S/C6H13N5O2S2/c1-4(2)3-5(15(7,12)13)11-6(14)8-9-10-11/h4-5H,3H2,1-2H3,(H2,7,12,13)(H,8,10,14). The number of nitrogens with one attached hydrogen (secondary N) is 1. The molecule has 1 atom stereocenters. The van der Waals surface area contributed by atoms with Gasteiger partial charge in [-0.05, 0) is 24.6 Å². The highest BCUT2D eigenvalue weighted by Crippen LogP contribution is 2.20. The molecule has 0 saturated carbocycles. The summed E-state index contributed by atoms with van der Waals surface area (Å²) in [5.41, 5.74) is 0. The summed E-state index contributed by atoms with van der Waals surface area (Å²) in [5, 5.41) is 13.5. The second-order valence-electron chi connectivity index (χ2n) is 3.63. The molecule has 0 spiro atoms. The van der Waals surface area contributed by atoms with Crippen LogP contribution in [0.2, 0.25) is 0 Å². The molecule has 9 heteroatoms. The molecule has 0 aliphatic heterocycles. The highest BCUT2D eigenvalue weighted by atomic mass is 32.2. The van der Waals surface area contributed by atoms with Gasteiger partial charge in [0.15, 0.2) is 5.37 Å². The van der Waals surface area contributed by atoms with Crippen LogP contribution in [0.25, 0.3) is 0 Å². The van der Waals surface area contributed by atoms with Gasteiger partial charge in [0.2, 0.25) is 14.8 Å². The van der Waals surface area contributed by atoms with Crippen LogP contribution in [0.3, 0.4) is 0 Å². The molecule has 1 aromatic rings. The molecule has 0 amide bonds. The van der Waals surface area contributed by atoms with E-state index in [4.69, 9.17) is 17.4 Å². The van der Waals surface area contributed by atoms with Gasteiger partial charge >= 0.3 is 0 Å². The summed E-state index contributed by atoms with van der Waals surface area (Å²) in [4.78, 5) is 0. The van der Waals surface area contributed by atoms with Crippen molar-refractivity contribution in [3.05, 3.63) is 4.77 Å². The largest absolute Gasteiger partial charge is 0.239 e. The van der Waals surface area contributed by atoms with Crippen molar-refractivity contribution in [1.29, 1.82) is 0 Å². The number of nitrogens with two attached hydrogens (primary N) is 1. The van der Waals surface area contributed by atoms with E-state index >= 15 is 0 Å². The van der Waals surface area contributed by atoms with E-state index in [0.29, 0.717) is 6.42 Å². The van der Waals surface area contributed by atoms with Gasteiger partial charge in [-0.2, -0.15) is 5.21 Å². The Morgan fingerprint density at radius 3 is 2.53 bits per heavy atom. The molecule has 1 rings (SSSR count). The van der Waals surface area contributed by atoms with Crippen LogP contribution in [-0.4, -0.2) is 28.6 Å². The summed E-state index contributed by atoms with van der Waals surface area (Å²) in [6.45, 7) is 3.79. The summed E-state index contributed by atoms with van der Waals surface area (Å²) in [5.74, 6) is 0.165. The quantitative estimate of drug-likeness (QED) is 0.742. The van der Waals surface area contributed by atoms with Crippen molar-refractivity contribution in [3.8, 4) is 0 Å². The third-order valence-corrected chi connectivity index (χ3v) is 3.27. The first kappa shape index (κ1) is 12.3. The number of hydrogen-bond donors (Lipinski definition) is 2. The average Bonchev–Trinajstić information content (AvgIpc) is 2.45. The zero-order chi connectivity index (χ0) is 11.6. The molecule has 15 heavy (non-hydrogen) atoms.